The van der Waals surface area contributed by atoms with Gasteiger partial charge in [-0.05, 0) is 44.5 Å². The molecule has 2 nitrogen and oxygen atoms in total. The highest BCUT2D eigenvalue weighted by Crippen LogP contribution is 2.11. The Bertz CT molecular complexity index is 347. The SMILES string of the molecule is C=C(C)CCOCc1ccccc1CCNC. The Morgan fingerprint density at radius 1 is 1.29 bits per heavy atom. The molecule has 0 aliphatic heterocycles. The molecule has 1 aromatic carbocycles. The number of rotatable bonds is 8. The highest BCUT2D eigenvalue weighted by atomic mass is 16.5. The van der Waals surface area contributed by atoms with Gasteiger partial charge in [0, 0.05) is 0 Å². The number of hydrogen-bond acceptors (Lipinski definition) is 2. The number of nitrogens with one attached hydrogen (secondary N) is 1. The van der Waals surface area contributed by atoms with Crippen LogP contribution in [0.5, 0.6) is 0 Å². The third-order valence-corrected chi connectivity index (χ3v) is 2.69. The quantitative estimate of drug-likeness (QED) is 0.550. The highest BCUT2D eigenvalue weighted by molar-refractivity contribution is 5.26. The molecular weight excluding hydrogens is 210 g/mol. The van der Waals surface area contributed by atoms with Crippen LogP contribution in [0.15, 0.2) is 36.4 Å². The molecule has 94 valence electrons. The molecule has 0 unspecified atom stereocenters. The fraction of sp³-hybridized carbons (Fsp3) is 0.467. The van der Waals surface area contributed by atoms with Crippen molar-refractivity contribution >= 4 is 0 Å². The second kappa shape index (κ2) is 8.04. The zero-order valence-electron chi connectivity index (χ0n) is 11.0. The van der Waals surface area contributed by atoms with Crippen LogP contribution < -0.4 is 5.32 Å². The maximum absolute atomic E-state index is 5.67. The van der Waals surface area contributed by atoms with Gasteiger partial charge in [0.25, 0.3) is 0 Å². The van der Waals surface area contributed by atoms with Gasteiger partial charge in [-0.15, -0.1) is 6.58 Å². The molecule has 1 rings (SSSR count). The van der Waals surface area contributed by atoms with E-state index in [4.69, 9.17) is 4.74 Å². The molecule has 1 aromatic rings. The van der Waals surface area contributed by atoms with Gasteiger partial charge >= 0.3 is 0 Å². The second-order valence-electron chi connectivity index (χ2n) is 4.38. The topological polar surface area (TPSA) is 21.3 Å². The number of benzene rings is 1. The lowest BCUT2D eigenvalue weighted by atomic mass is 10.1. The molecule has 0 saturated heterocycles. The Morgan fingerprint density at radius 3 is 2.65 bits per heavy atom. The number of hydrogen-bond donors (Lipinski definition) is 1. The molecule has 1 N–H and O–H groups in total. The summed E-state index contributed by atoms with van der Waals surface area (Å²) in [5.74, 6) is 0. The zero-order chi connectivity index (χ0) is 12.5. The molecule has 0 amide bonds. The largest absolute Gasteiger partial charge is 0.376 e. The van der Waals surface area contributed by atoms with E-state index in [9.17, 15) is 0 Å². The summed E-state index contributed by atoms with van der Waals surface area (Å²) in [6.07, 6.45) is 2.00. The molecule has 0 saturated carbocycles. The molecule has 0 radical (unpaired) electrons. The summed E-state index contributed by atoms with van der Waals surface area (Å²) < 4.78 is 5.67. The first-order valence-corrected chi connectivity index (χ1v) is 6.17. The van der Waals surface area contributed by atoms with E-state index in [1.807, 2.05) is 14.0 Å². The van der Waals surface area contributed by atoms with Gasteiger partial charge in [0.15, 0.2) is 0 Å². The molecule has 0 atom stereocenters. The first-order valence-electron chi connectivity index (χ1n) is 6.17. The lowest BCUT2D eigenvalue weighted by Crippen LogP contribution is -2.11. The Kier molecular flexibility index (Phi) is 6.60. The van der Waals surface area contributed by atoms with E-state index < -0.39 is 0 Å². The summed E-state index contributed by atoms with van der Waals surface area (Å²) in [6.45, 7) is 8.37. The average Bonchev–Trinajstić information content (AvgIpc) is 2.33. The van der Waals surface area contributed by atoms with Crippen LogP contribution in [0.4, 0.5) is 0 Å². The van der Waals surface area contributed by atoms with Crippen LogP contribution in [-0.4, -0.2) is 20.2 Å². The molecule has 0 heterocycles. The number of ether oxygens (including phenoxy) is 1. The van der Waals surface area contributed by atoms with Crippen LogP contribution in [0.2, 0.25) is 0 Å². The van der Waals surface area contributed by atoms with Crippen molar-refractivity contribution in [2.75, 3.05) is 20.2 Å². The van der Waals surface area contributed by atoms with Crippen molar-refractivity contribution in [1.29, 1.82) is 0 Å². The normalized spacial score (nSPS) is 10.5. The summed E-state index contributed by atoms with van der Waals surface area (Å²) in [4.78, 5) is 0. The molecular formula is C15H23NO. The molecule has 2 heteroatoms. The van der Waals surface area contributed by atoms with Crippen LogP contribution in [0.3, 0.4) is 0 Å². The molecule has 0 spiro atoms. The molecule has 17 heavy (non-hydrogen) atoms. The van der Waals surface area contributed by atoms with Gasteiger partial charge in [-0.25, -0.2) is 0 Å². The van der Waals surface area contributed by atoms with Crippen LogP contribution in [0.1, 0.15) is 24.5 Å². The van der Waals surface area contributed by atoms with Crippen molar-refractivity contribution in [3.8, 4) is 0 Å². The molecule has 0 bridgehead atoms. The van der Waals surface area contributed by atoms with Gasteiger partial charge in [0.1, 0.15) is 0 Å². The van der Waals surface area contributed by atoms with Crippen LogP contribution in [-0.2, 0) is 17.8 Å². The predicted molar refractivity (Wildman–Crippen MR) is 73.2 cm³/mol. The van der Waals surface area contributed by atoms with Crippen molar-refractivity contribution in [1.82, 2.24) is 5.32 Å². The van der Waals surface area contributed by atoms with E-state index >= 15 is 0 Å². The minimum absolute atomic E-state index is 0.702. The molecule has 0 aromatic heterocycles. The summed E-state index contributed by atoms with van der Waals surface area (Å²) in [5.41, 5.74) is 3.84. The Balaban J connectivity index is 2.43. The number of likely N-dealkylation sites (N-methyl/N-ethyl adjacent to an activating group) is 1. The van der Waals surface area contributed by atoms with Gasteiger partial charge in [-0.3, -0.25) is 0 Å². The minimum Gasteiger partial charge on any atom is -0.376 e. The lowest BCUT2D eigenvalue weighted by Gasteiger charge is -2.10. The van der Waals surface area contributed by atoms with E-state index in [-0.39, 0.29) is 0 Å². The molecule has 0 fully saturated rings. The monoisotopic (exact) mass is 233 g/mol. The summed E-state index contributed by atoms with van der Waals surface area (Å²) >= 11 is 0. The van der Waals surface area contributed by atoms with E-state index in [0.29, 0.717) is 6.61 Å². The maximum atomic E-state index is 5.67. The smallest absolute Gasteiger partial charge is 0.0719 e. The predicted octanol–water partition coefficient (Wildman–Crippen LogP) is 2.93. The van der Waals surface area contributed by atoms with E-state index in [0.717, 1.165) is 26.0 Å². The van der Waals surface area contributed by atoms with E-state index in [2.05, 4.69) is 36.2 Å². The van der Waals surface area contributed by atoms with E-state index in [1.54, 1.807) is 0 Å². The van der Waals surface area contributed by atoms with Gasteiger partial charge < -0.3 is 10.1 Å². The Hall–Kier alpha value is -1.12. The fourth-order valence-corrected chi connectivity index (χ4v) is 1.63. The van der Waals surface area contributed by atoms with Crippen LogP contribution in [0, 0.1) is 0 Å². The fourth-order valence-electron chi connectivity index (χ4n) is 1.63. The van der Waals surface area contributed by atoms with Gasteiger partial charge in [-0.2, -0.15) is 0 Å². The Labute approximate surface area is 105 Å². The summed E-state index contributed by atoms with van der Waals surface area (Å²) in [5, 5.41) is 3.17. The molecule has 0 aliphatic rings. The van der Waals surface area contributed by atoms with Crippen molar-refractivity contribution in [2.24, 2.45) is 0 Å². The summed E-state index contributed by atoms with van der Waals surface area (Å²) in [7, 11) is 1.98. The first-order chi connectivity index (χ1) is 8.24. The van der Waals surface area contributed by atoms with Gasteiger partial charge in [-0.1, -0.05) is 29.8 Å². The summed E-state index contributed by atoms with van der Waals surface area (Å²) in [6, 6.07) is 8.48. The average molecular weight is 233 g/mol. The maximum Gasteiger partial charge on any atom is 0.0719 e. The van der Waals surface area contributed by atoms with Crippen LogP contribution in [0.25, 0.3) is 0 Å². The van der Waals surface area contributed by atoms with Crippen molar-refractivity contribution in [2.45, 2.75) is 26.4 Å². The zero-order valence-corrected chi connectivity index (χ0v) is 11.0. The van der Waals surface area contributed by atoms with Crippen molar-refractivity contribution in [3.05, 3.63) is 47.5 Å². The standard InChI is InChI=1S/C15H23NO/c1-13(2)9-11-17-12-15-7-5-4-6-14(15)8-10-16-3/h4-7,16H,1,8-12H2,2-3H3. The van der Waals surface area contributed by atoms with Crippen LogP contribution >= 0.6 is 0 Å². The third-order valence-electron chi connectivity index (χ3n) is 2.69. The van der Waals surface area contributed by atoms with E-state index in [1.165, 1.54) is 16.7 Å². The first kappa shape index (κ1) is 13.9. The highest BCUT2D eigenvalue weighted by Gasteiger charge is 2.01. The van der Waals surface area contributed by atoms with Crippen molar-refractivity contribution in [3.63, 3.8) is 0 Å². The van der Waals surface area contributed by atoms with Gasteiger partial charge in [0.05, 0.1) is 13.2 Å². The third kappa shape index (κ3) is 5.66. The molecule has 0 aliphatic carbocycles. The van der Waals surface area contributed by atoms with Crippen molar-refractivity contribution < 1.29 is 4.74 Å². The lowest BCUT2D eigenvalue weighted by molar-refractivity contribution is 0.123. The second-order valence-corrected chi connectivity index (χ2v) is 4.38. The Morgan fingerprint density at radius 2 is 2.00 bits per heavy atom. The minimum atomic E-state index is 0.702. The van der Waals surface area contributed by atoms with Gasteiger partial charge in [0.2, 0.25) is 0 Å².